The van der Waals surface area contributed by atoms with E-state index in [1.54, 1.807) is 24.3 Å². The number of halogens is 3. The molecule has 1 aromatic carbocycles. The molecule has 0 spiro atoms. The van der Waals surface area contributed by atoms with E-state index in [-0.39, 0.29) is 30.9 Å². The molecule has 3 nitrogen and oxygen atoms in total. The summed E-state index contributed by atoms with van der Waals surface area (Å²) in [4.78, 5) is 12.1. The molecule has 0 bridgehead atoms. The normalized spacial score (nSPS) is 21.8. The average molecular weight is 315 g/mol. The van der Waals surface area contributed by atoms with Crippen molar-refractivity contribution in [3.63, 3.8) is 0 Å². The van der Waals surface area contributed by atoms with E-state index in [1.165, 1.54) is 0 Å². The van der Waals surface area contributed by atoms with Crippen LogP contribution in [0.15, 0.2) is 24.3 Å². The SMILES string of the molecule is O=C(NC1CCCC1CO)c1ccc(CCC(F)(F)F)cc1. The summed E-state index contributed by atoms with van der Waals surface area (Å²) in [6, 6.07) is 6.17. The summed E-state index contributed by atoms with van der Waals surface area (Å²) in [6.45, 7) is 0.0569. The van der Waals surface area contributed by atoms with E-state index in [0.717, 1.165) is 19.3 Å². The van der Waals surface area contributed by atoms with Crippen LogP contribution in [-0.2, 0) is 6.42 Å². The minimum atomic E-state index is -4.17. The van der Waals surface area contributed by atoms with Crippen LogP contribution in [0, 0.1) is 5.92 Å². The lowest BCUT2D eigenvalue weighted by Gasteiger charge is -2.19. The van der Waals surface area contributed by atoms with Crippen molar-refractivity contribution in [2.75, 3.05) is 6.61 Å². The molecule has 6 heteroatoms. The molecule has 1 amide bonds. The van der Waals surface area contributed by atoms with Crippen LogP contribution >= 0.6 is 0 Å². The molecule has 2 N–H and O–H groups in total. The number of aryl methyl sites for hydroxylation is 1. The second-order valence-corrected chi connectivity index (χ2v) is 5.77. The van der Waals surface area contributed by atoms with Crippen molar-refractivity contribution in [3.8, 4) is 0 Å². The summed E-state index contributed by atoms with van der Waals surface area (Å²) in [6.07, 6.45) is -2.39. The molecular weight excluding hydrogens is 295 g/mol. The van der Waals surface area contributed by atoms with Gasteiger partial charge in [-0.2, -0.15) is 13.2 Å². The number of aliphatic hydroxyl groups excluding tert-OH is 1. The highest BCUT2D eigenvalue weighted by molar-refractivity contribution is 5.94. The van der Waals surface area contributed by atoms with Gasteiger partial charge in [-0.25, -0.2) is 0 Å². The molecule has 1 aliphatic carbocycles. The van der Waals surface area contributed by atoms with Crippen LogP contribution in [0.4, 0.5) is 13.2 Å². The first-order chi connectivity index (χ1) is 10.4. The maximum atomic E-state index is 12.2. The highest BCUT2D eigenvalue weighted by Crippen LogP contribution is 2.25. The van der Waals surface area contributed by atoms with Gasteiger partial charge in [0.1, 0.15) is 0 Å². The molecular formula is C16H20F3NO2. The third kappa shape index (κ3) is 4.73. The molecule has 1 saturated carbocycles. The van der Waals surface area contributed by atoms with Gasteiger partial charge in [-0.05, 0) is 37.0 Å². The zero-order valence-corrected chi connectivity index (χ0v) is 12.2. The molecule has 0 radical (unpaired) electrons. The Hall–Kier alpha value is -1.56. The van der Waals surface area contributed by atoms with Crippen LogP contribution in [0.1, 0.15) is 41.6 Å². The van der Waals surface area contributed by atoms with Gasteiger partial charge in [-0.15, -0.1) is 0 Å². The van der Waals surface area contributed by atoms with Crippen molar-refractivity contribution in [1.29, 1.82) is 0 Å². The molecule has 2 atom stereocenters. The molecule has 0 saturated heterocycles. The number of amides is 1. The van der Waals surface area contributed by atoms with E-state index in [0.29, 0.717) is 11.1 Å². The lowest BCUT2D eigenvalue weighted by molar-refractivity contribution is -0.134. The van der Waals surface area contributed by atoms with E-state index in [9.17, 15) is 23.1 Å². The minimum absolute atomic E-state index is 0.0256. The van der Waals surface area contributed by atoms with Crippen molar-refractivity contribution in [2.45, 2.75) is 44.3 Å². The van der Waals surface area contributed by atoms with Crippen molar-refractivity contribution in [2.24, 2.45) is 5.92 Å². The molecule has 1 fully saturated rings. The Morgan fingerprint density at radius 2 is 1.91 bits per heavy atom. The number of benzene rings is 1. The Kier molecular flexibility index (Phi) is 5.45. The lowest BCUT2D eigenvalue weighted by Crippen LogP contribution is -2.38. The number of nitrogens with one attached hydrogen (secondary N) is 1. The molecule has 1 aromatic rings. The molecule has 2 unspecified atom stereocenters. The number of carbonyl (C=O) groups is 1. The fraction of sp³-hybridized carbons (Fsp3) is 0.562. The number of alkyl halides is 3. The maximum absolute atomic E-state index is 12.2. The van der Waals surface area contributed by atoms with Gasteiger partial charge < -0.3 is 10.4 Å². The summed E-state index contributed by atoms with van der Waals surface area (Å²) in [5.74, 6) is -0.150. The third-order valence-electron chi connectivity index (χ3n) is 4.12. The van der Waals surface area contributed by atoms with Crippen LogP contribution in [0.2, 0.25) is 0 Å². The fourth-order valence-electron chi connectivity index (χ4n) is 2.81. The van der Waals surface area contributed by atoms with Gasteiger partial charge in [0.25, 0.3) is 5.91 Å². The third-order valence-corrected chi connectivity index (χ3v) is 4.12. The highest BCUT2D eigenvalue weighted by Gasteiger charge is 2.28. The van der Waals surface area contributed by atoms with Crippen molar-refractivity contribution >= 4 is 5.91 Å². The lowest BCUT2D eigenvalue weighted by atomic mass is 10.0. The summed E-state index contributed by atoms with van der Waals surface area (Å²) in [5, 5.41) is 12.1. The first-order valence-electron chi connectivity index (χ1n) is 7.46. The second-order valence-electron chi connectivity index (χ2n) is 5.77. The minimum Gasteiger partial charge on any atom is -0.396 e. The van der Waals surface area contributed by atoms with Gasteiger partial charge in [0.15, 0.2) is 0 Å². The van der Waals surface area contributed by atoms with Gasteiger partial charge in [-0.1, -0.05) is 18.6 Å². The van der Waals surface area contributed by atoms with Crippen LogP contribution in [0.25, 0.3) is 0 Å². The maximum Gasteiger partial charge on any atom is 0.389 e. The number of rotatable bonds is 5. The zero-order chi connectivity index (χ0) is 16.2. The first-order valence-corrected chi connectivity index (χ1v) is 7.46. The van der Waals surface area contributed by atoms with E-state index in [1.807, 2.05) is 0 Å². The summed E-state index contributed by atoms with van der Waals surface area (Å²) in [5.41, 5.74) is 0.988. The molecule has 0 aliphatic heterocycles. The van der Waals surface area contributed by atoms with Crippen LogP contribution in [0.3, 0.4) is 0 Å². The van der Waals surface area contributed by atoms with Gasteiger partial charge >= 0.3 is 6.18 Å². The van der Waals surface area contributed by atoms with Gasteiger partial charge in [0.2, 0.25) is 0 Å². The topological polar surface area (TPSA) is 49.3 Å². The molecule has 0 heterocycles. The zero-order valence-electron chi connectivity index (χ0n) is 12.2. The van der Waals surface area contributed by atoms with Crippen LogP contribution < -0.4 is 5.32 Å². The molecule has 0 aromatic heterocycles. The Morgan fingerprint density at radius 3 is 2.50 bits per heavy atom. The highest BCUT2D eigenvalue weighted by atomic mass is 19.4. The molecule has 2 rings (SSSR count). The Balaban J connectivity index is 1.91. The average Bonchev–Trinajstić information content (AvgIpc) is 2.92. The van der Waals surface area contributed by atoms with Gasteiger partial charge in [0, 0.05) is 30.6 Å². The standard InChI is InChI=1S/C16H20F3NO2/c17-16(18,19)9-8-11-4-6-12(7-5-11)15(22)20-14-3-1-2-13(14)10-21/h4-7,13-14,21H,1-3,8-10H2,(H,20,22). The summed E-state index contributed by atoms with van der Waals surface area (Å²) < 4.78 is 36.5. The van der Waals surface area contributed by atoms with E-state index >= 15 is 0 Å². The largest absolute Gasteiger partial charge is 0.396 e. The first kappa shape index (κ1) is 16.8. The Morgan fingerprint density at radius 1 is 1.23 bits per heavy atom. The van der Waals surface area contributed by atoms with Gasteiger partial charge in [-0.3, -0.25) is 4.79 Å². The molecule has 122 valence electrons. The van der Waals surface area contributed by atoms with Crippen molar-refractivity contribution in [1.82, 2.24) is 5.32 Å². The monoisotopic (exact) mass is 315 g/mol. The molecule has 1 aliphatic rings. The Labute approximate surface area is 127 Å². The fourth-order valence-corrected chi connectivity index (χ4v) is 2.81. The summed E-state index contributed by atoms with van der Waals surface area (Å²) >= 11 is 0. The van der Waals surface area contributed by atoms with E-state index < -0.39 is 12.6 Å². The smallest absolute Gasteiger partial charge is 0.389 e. The van der Waals surface area contributed by atoms with Crippen LogP contribution in [0.5, 0.6) is 0 Å². The van der Waals surface area contributed by atoms with Crippen LogP contribution in [-0.4, -0.2) is 29.8 Å². The van der Waals surface area contributed by atoms with E-state index in [4.69, 9.17) is 0 Å². The molecule has 22 heavy (non-hydrogen) atoms. The predicted octanol–water partition coefficient (Wildman–Crippen LogP) is 3.07. The van der Waals surface area contributed by atoms with Gasteiger partial charge in [0.05, 0.1) is 0 Å². The number of carbonyl (C=O) groups excluding carboxylic acids is 1. The van der Waals surface area contributed by atoms with Crippen molar-refractivity contribution < 1.29 is 23.1 Å². The predicted molar refractivity (Wildman–Crippen MR) is 76.5 cm³/mol. The second kappa shape index (κ2) is 7.13. The van der Waals surface area contributed by atoms with Crippen molar-refractivity contribution in [3.05, 3.63) is 35.4 Å². The Bertz CT molecular complexity index is 499. The quantitative estimate of drug-likeness (QED) is 0.877. The van der Waals surface area contributed by atoms with E-state index in [2.05, 4.69) is 5.32 Å². The number of hydrogen-bond donors (Lipinski definition) is 2. The summed E-state index contributed by atoms with van der Waals surface area (Å²) in [7, 11) is 0. The number of aliphatic hydroxyl groups is 1. The number of hydrogen-bond acceptors (Lipinski definition) is 2.